The number of amides is 2. The number of pyridine rings is 1. The lowest BCUT2D eigenvalue weighted by Crippen LogP contribution is -2.35. The predicted molar refractivity (Wildman–Crippen MR) is 103 cm³/mol. The first kappa shape index (κ1) is 21.2. The lowest BCUT2D eigenvalue weighted by atomic mass is 10.2. The van der Waals surface area contributed by atoms with Crippen LogP contribution in [0.5, 0.6) is 5.75 Å². The molecule has 28 heavy (non-hydrogen) atoms. The molecule has 1 heterocycles. The summed E-state index contributed by atoms with van der Waals surface area (Å²) < 4.78 is 10.3. The maximum absolute atomic E-state index is 12.1. The van der Waals surface area contributed by atoms with E-state index in [0.717, 1.165) is 0 Å². The van der Waals surface area contributed by atoms with Crippen molar-refractivity contribution in [1.29, 1.82) is 0 Å². The molecule has 0 aliphatic carbocycles. The molecule has 0 fully saturated rings. The van der Waals surface area contributed by atoms with Crippen molar-refractivity contribution in [3.63, 3.8) is 0 Å². The molecule has 2 amide bonds. The number of ether oxygens (including phenoxy) is 2. The lowest BCUT2D eigenvalue weighted by molar-refractivity contribution is -0.152. The monoisotopic (exact) mass is 405 g/mol. The molecule has 2 aromatic rings. The second-order valence-corrected chi connectivity index (χ2v) is 5.96. The van der Waals surface area contributed by atoms with Crippen LogP contribution in [0, 0.1) is 0 Å². The summed E-state index contributed by atoms with van der Waals surface area (Å²) in [6.45, 7) is 3.41. The van der Waals surface area contributed by atoms with Gasteiger partial charge in [0.25, 0.3) is 11.8 Å². The van der Waals surface area contributed by atoms with Crippen molar-refractivity contribution in [1.82, 2.24) is 10.3 Å². The van der Waals surface area contributed by atoms with Crippen LogP contribution in [0.4, 0.5) is 5.69 Å². The third kappa shape index (κ3) is 6.24. The van der Waals surface area contributed by atoms with E-state index in [0.29, 0.717) is 23.6 Å². The fourth-order valence-corrected chi connectivity index (χ4v) is 2.30. The van der Waals surface area contributed by atoms with Gasteiger partial charge in [0.15, 0.2) is 11.3 Å². The number of rotatable bonds is 8. The van der Waals surface area contributed by atoms with Gasteiger partial charge in [0.1, 0.15) is 12.3 Å². The molecule has 0 aliphatic heterocycles. The second-order valence-electron chi connectivity index (χ2n) is 5.60. The number of carbonyl (C=O) groups excluding carboxylic acids is 3. The molecule has 2 N–H and O–H groups in total. The first-order valence-corrected chi connectivity index (χ1v) is 8.90. The summed E-state index contributed by atoms with van der Waals surface area (Å²) in [5.41, 5.74) is 0.675. The Hall–Kier alpha value is -3.13. The predicted octanol–water partition coefficient (Wildman–Crippen LogP) is 2.43. The van der Waals surface area contributed by atoms with Crippen molar-refractivity contribution in [3.05, 3.63) is 53.3 Å². The van der Waals surface area contributed by atoms with Gasteiger partial charge in [-0.05, 0) is 50.2 Å². The number of carbonyl (C=O) groups is 3. The molecule has 9 heteroatoms. The van der Waals surface area contributed by atoms with Crippen LogP contribution in [0.25, 0.3) is 0 Å². The molecule has 0 saturated carbocycles. The maximum Gasteiger partial charge on any atom is 0.326 e. The van der Waals surface area contributed by atoms with E-state index in [-0.39, 0.29) is 11.7 Å². The SMILES string of the molecule is CCOc1ccc(C(=O)NCC(=O)OC(C)C(=O)Nc2cccnc2Cl)cc1. The zero-order valence-electron chi connectivity index (χ0n) is 15.4. The quantitative estimate of drug-likeness (QED) is 0.516. The van der Waals surface area contributed by atoms with E-state index in [4.69, 9.17) is 21.1 Å². The van der Waals surface area contributed by atoms with Crippen LogP contribution >= 0.6 is 11.6 Å². The van der Waals surface area contributed by atoms with Crippen LogP contribution in [0.3, 0.4) is 0 Å². The van der Waals surface area contributed by atoms with Crippen LogP contribution < -0.4 is 15.4 Å². The van der Waals surface area contributed by atoms with Gasteiger partial charge < -0.3 is 20.1 Å². The van der Waals surface area contributed by atoms with Gasteiger partial charge in [-0.15, -0.1) is 0 Å². The molecule has 1 unspecified atom stereocenters. The number of benzene rings is 1. The highest BCUT2D eigenvalue weighted by atomic mass is 35.5. The molecular weight excluding hydrogens is 386 g/mol. The zero-order chi connectivity index (χ0) is 20.5. The van der Waals surface area contributed by atoms with Gasteiger partial charge in [-0.2, -0.15) is 0 Å². The highest BCUT2D eigenvalue weighted by Crippen LogP contribution is 2.17. The van der Waals surface area contributed by atoms with Crippen molar-refractivity contribution in [2.24, 2.45) is 0 Å². The van der Waals surface area contributed by atoms with E-state index < -0.39 is 23.9 Å². The highest BCUT2D eigenvalue weighted by Gasteiger charge is 2.19. The Labute approximate surface area is 167 Å². The Morgan fingerprint density at radius 1 is 1.18 bits per heavy atom. The van der Waals surface area contributed by atoms with Gasteiger partial charge in [-0.3, -0.25) is 14.4 Å². The van der Waals surface area contributed by atoms with E-state index in [2.05, 4.69) is 15.6 Å². The molecule has 1 aromatic carbocycles. The Bertz CT molecular complexity index is 842. The normalized spacial score (nSPS) is 11.2. The van der Waals surface area contributed by atoms with Crippen LogP contribution in [-0.2, 0) is 14.3 Å². The minimum atomic E-state index is -1.08. The molecule has 8 nitrogen and oxygen atoms in total. The van der Waals surface area contributed by atoms with Crippen LogP contribution in [0.15, 0.2) is 42.6 Å². The van der Waals surface area contributed by atoms with Crippen molar-refractivity contribution in [2.45, 2.75) is 20.0 Å². The molecule has 0 radical (unpaired) electrons. The zero-order valence-corrected chi connectivity index (χ0v) is 16.2. The standard InChI is InChI=1S/C19H20ClN3O5/c1-3-27-14-8-6-13(7-9-14)19(26)22-11-16(24)28-12(2)18(25)23-15-5-4-10-21-17(15)20/h4-10,12H,3,11H2,1-2H3,(H,22,26)(H,23,25). The van der Waals surface area contributed by atoms with E-state index >= 15 is 0 Å². The molecule has 2 rings (SSSR count). The second kappa shape index (κ2) is 10.3. The van der Waals surface area contributed by atoms with Crippen LogP contribution in [-0.4, -0.2) is 42.0 Å². The number of esters is 1. The summed E-state index contributed by atoms with van der Waals surface area (Å²) in [5.74, 6) is -1.12. The number of nitrogens with zero attached hydrogens (tertiary/aromatic N) is 1. The molecule has 1 atom stereocenters. The minimum Gasteiger partial charge on any atom is -0.494 e. The van der Waals surface area contributed by atoms with E-state index in [1.807, 2.05) is 6.92 Å². The third-order valence-electron chi connectivity index (χ3n) is 3.52. The Kier molecular flexibility index (Phi) is 7.76. The van der Waals surface area contributed by atoms with Gasteiger partial charge in [0.2, 0.25) is 0 Å². The molecule has 0 aliphatic rings. The van der Waals surface area contributed by atoms with E-state index in [1.54, 1.807) is 36.4 Å². The van der Waals surface area contributed by atoms with Gasteiger partial charge in [0, 0.05) is 11.8 Å². The molecule has 0 saturated heterocycles. The number of halogens is 1. The highest BCUT2D eigenvalue weighted by molar-refractivity contribution is 6.32. The molecule has 0 bridgehead atoms. The molecule has 1 aromatic heterocycles. The molecular formula is C19H20ClN3O5. The Morgan fingerprint density at radius 2 is 1.89 bits per heavy atom. The van der Waals surface area contributed by atoms with E-state index in [9.17, 15) is 14.4 Å². The minimum absolute atomic E-state index is 0.122. The molecule has 0 spiro atoms. The summed E-state index contributed by atoms with van der Waals surface area (Å²) in [6, 6.07) is 9.66. The van der Waals surface area contributed by atoms with Gasteiger partial charge in [0.05, 0.1) is 12.3 Å². The number of anilines is 1. The Balaban J connectivity index is 1.80. The van der Waals surface area contributed by atoms with E-state index in [1.165, 1.54) is 13.1 Å². The average molecular weight is 406 g/mol. The van der Waals surface area contributed by atoms with Crippen LogP contribution in [0.1, 0.15) is 24.2 Å². The summed E-state index contributed by atoms with van der Waals surface area (Å²) in [6.07, 6.45) is 0.403. The number of aromatic nitrogens is 1. The maximum atomic E-state index is 12.1. The van der Waals surface area contributed by atoms with Crippen molar-refractivity contribution < 1.29 is 23.9 Å². The first-order valence-electron chi connectivity index (χ1n) is 8.52. The fourth-order valence-electron chi connectivity index (χ4n) is 2.13. The summed E-state index contributed by atoms with van der Waals surface area (Å²) >= 11 is 5.86. The average Bonchev–Trinajstić information content (AvgIpc) is 2.68. The smallest absolute Gasteiger partial charge is 0.326 e. The van der Waals surface area contributed by atoms with Gasteiger partial charge in [-0.1, -0.05) is 11.6 Å². The van der Waals surface area contributed by atoms with Gasteiger partial charge >= 0.3 is 5.97 Å². The number of nitrogens with one attached hydrogen (secondary N) is 2. The fraction of sp³-hybridized carbons (Fsp3) is 0.263. The Morgan fingerprint density at radius 3 is 2.54 bits per heavy atom. The summed E-state index contributed by atoms with van der Waals surface area (Å²) in [5, 5.41) is 5.07. The van der Waals surface area contributed by atoms with Crippen LogP contribution in [0.2, 0.25) is 5.15 Å². The first-order chi connectivity index (χ1) is 13.4. The van der Waals surface area contributed by atoms with Gasteiger partial charge in [-0.25, -0.2) is 4.98 Å². The third-order valence-corrected chi connectivity index (χ3v) is 3.82. The molecule has 148 valence electrons. The topological polar surface area (TPSA) is 107 Å². The number of hydrogen-bond donors (Lipinski definition) is 2. The largest absolute Gasteiger partial charge is 0.494 e. The number of hydrogen-bond acceptors (Lipinski definition) is 6. The summed E-state index contributed by atoms with van der Waals surface area (Å²) in [7, 11) is 0. The summed E-state index contributed by atoms with van der Waals surface area (Å²) in [4.78, 5) is 39.8. The van der Waals surface area contributed by atoms with Crippen molar-refractivity contribution in [2.75, 3.05) is 18.5 Å². The van der Waals surface area contributed by atoms with Crippen molar-refractivity contribution >= 4 is 35.1 Å². The van der Waals surface area contributed by atoms with Crippen molar-refractivity contribution in [3.8, 4) is 5.75 Å². The lowest BCUT2D eigenvalue weighted by Gasteiger charge is -2.14.